The number of sulfone groups is 1. The summed E-state index contributed by atoms with van der Waals surface area (Å²) in [6.07, 6.45) is 1.50. The van der Waals surface area contributed by atoms with Crippen molar-refractivity contribution in [2.45, 2.75) is 24.7 Å². The van der Waals surface area contributed by atoms with Gasteiger partial charge in [-0.2, -0.15) is 5.10 Å². The molecule has 1 aromatic heterocycles. The molecule has 1 atom stereocenters. The largest absolute Gasteiger partial charge is 0.385 e. The number of benzene rings is 1. The summed E-state index contributed by atoms with van der Waals surface area (Å²) in [6.45, 7) is 3.02. The molecular formula is C14H18N2O3S. The summed E-state index contributed by atoms with van der Waals surface area (Å²) in [4.78, 5) is 0. The second kappa shape index (κ2) is 5.03. The predicted molar refractivity (Wildman–Crippen MR) is 77.4 cm³/mol. The minimum atomic E-state index is -3.42. The highest BCUT2D eigenvalue weighted by molar-refractivity contribution is 7.92. The molecule has 20 heavy (non-hydrogen) atoms. The van der Waals surface area contributed by atoms with E-state index in [1.807, 2.05) is 30.3 Å². The first kappa shape index (κ1) is 14.7. The number of aromatic nitrogens is 2. The summed E-state index contributed by atoms with van der Waals surface area (Å²) >= 11 is 0. The maximum atomic E-state index is 11.8. The topological polar surface area (TPSA) is 72.2 Å². The van der Waals surface area contributed by atoms with Crippen molar-refractivity contribution in [1.82, 2.24) is 9.78 Å². The fourth-order valence-electron chi connectivity index (χ4n) is 1.86. The van der Waals surface area contributed by atoms with Crippen molar-refractivity contribution in [1.29, 1.82) is 0 Å². The van der Waals surface area contributed by atoms with E-state index in [1.54, 1.807) is 16.9 Å². The molecule has 2 aromatic rings. The number of aliphatic hydroxyl groups is 1. The van der Waals surface area contributed by atoms with Crippen molar-refractivity contribution >= 4 is 9.84 Å². The Morgan fingerprint density at radius 2 is 1.80 bits per heavy atom. The molecule has 1 heterocycles. The molecular weight excluding hydrogens is 276 g/mol. The maximum Gasteiger partial charge on any atom is 0.155 e. The highest BCUT2D eigenvalue weighted by atomic mass is 32.2. The average molecular weight is 294 g/mol. The van der Waals surface area contributed by atoms with Crippen LogP contribution in [0.4, 0.5) is 0 Å². The van der Waals surface area contributed by atoms with Crippen LogP contribution in [0.25, 0.3) is 5.69 Å². The van der Waals surface area contributed by atoms with Crippen LogP contribution in [0.2, 0.25) is 0 Å². The fourth-order valence-corrected chi connectivity index (χ4v) is 2.39. The van der Waals surface area contributed by atoms with Gasteiger partial charge >= 0.3 is 0 Å². The van der Waals surface area contributed by atoms with Gasteiger partial charge in [-0.15, -0.1) is 0 Å². The van der Waals surface area contributed by atoms with Crippen molar-refractivity contribution < 1.29 is 13.5 Å². The normalized spacial score (nSPS) is 14.2. The molecule has 0 saturated heterocycles. The third-order valence-corrected chi connectivity index (χ3v) is 5.70. The quantitative estimate of drug-likeness (QED) is 0.932. The van der Waals surface area contributed by atoms with E-state index in [0.29, 0.717) is 5.69 Å². The van der Waals surface area contributed by atoms with Crippen LogP contribution in [-0.2, 0) is 9.84 Å². The number of rotatable bonds is 4. The number of hydrogen-bond acceptors (Lipinski definition) is 4. The second-order valence-electron chi connectivity index (χ2n) is 5.28. The van der Waals surface area contributed by atoms with Crippen molar-refractivity contribution in [3.05, 3.63) is 48.3 Å². The number of nitrogens with zero attached hydrogens (tertiary/aromatic N) is 2. The monoisotopic (exact) mass is 294 g/mol. The van der Waals surface area contributed by atoms with Gasteiger partial charge in [0, 0.05) is 12.5 Å². The zero-order valence-corrected chi connectivity index (χ0v) is 12.5. The standard InChI is InChI=1S/C14H18N2O3S/c1-14(2,20(3,18)19)13(17)12-9-10-15-16(12)11-7-5-4-6-8-11/h4-10,13,17H,1-3H3. The van der Waals surface area contributed by atoms with Gasteiger partial charge in [-0.25, -0.2) is 13.1 Å². The first-order chi connectivity index (χ1) is 9.25. The lowest BCUT2D eigenvalue weighted by Crippen LogP contribution is -2.38. The Bertz CT molecular complexity index is 690. The summed E-state index contributed by atoms with van der Waals surface area (Å²) in [6, 6.07) is 10.9. The molecule has 5 nitrogen and oxygen atoms in total. The molecule has 0 aliphatic heterocycles. The van der Waals surface area contributed by atoms with Gasteiger partial charge in [-0.05, 0) is 32.0 Å². The highest BCUT2D eigenvalue weighted by Gasteiger charge is 2.40. The lowest BCUT2D eigenvalue weighted by atomic mass is 10.0. The Hall–Kier alpha value is -1.66. The third kappa shape index (κ3) is 2.48. The summed E-state index contributed by atoms with van der Waals surface area (Å²) < 4.78 is 24.0. The van der Waals surface area contributed by atoms with Gasteiger partial charge in [0.1, 0.15) is 6.10 Å². The zero-order chi connectivity index (χ0) is 15.0. The number of hydrogen-bond donors (Lipinski definition) is 1. The average Bonchev–Trinajstić information content (AvgIpc) is 2.86. The molecule has 0 fully saturated rings. The van der Waals surface area contributed by atoms with Crippen molar-refractivity contribution in [2.75, 3.05) is 6.26 Å². The van der Waals surface area contributed by atoms with Gasteiger partial charge in [0.2, 0.25) is 0 Å². The van der Waals surface area contributed by atoms with E-state index in [9.17, 15) is 13.5 Å². The van der Waals surface area contributed by atoms with Crippen LogP contribution in [0.3, 0.4) is 0 Å². The molecule has 0 aliphatic carbocycles. The summed E-state index contributed by atoms with van der Waals surface area (Å²) in [5.74, 6) is 0. The van der Waals surface area contributed by atoms with Gasteiger partial charge in [0.05, 0.1) is 16.1 Å². The van der Waals surface area contributed by atoms with E-state index in [2.05, 4.69) is 5.10 Å². The zero-order valence-electron chi connectivity index (χ0n) is 11.7. The fraction of sp³-hybridized carbons (Fsp3) is 0.357. The van der Waals surface area contributed by atoms with Crippen LogP contribution in [0.15, 0.2) is 42.6 Å². The Kier molecular flexibility index (Phi) is 3.71. The highest BCUT2D eigenvalue weighted by Crippen LogP contribution is 2.32. The van der Waals surface area contributed by atoms with Crippen molar-refractivity contribution in [3.63, 3.8) is 0 Å². The van der Waals surface area contributed by atoms with Crippen LogP contribution in [0, 0.1) is 0 Å². The van der Waals surface area contributed by atoms with Crippen LogP contribution < -0.4 is 0 Å². The molecule has 1 N–H and O–H groups in total. The third-order valence-electron chi connectivity index (χ3n) is 3.57. The van der Waals surface area contributed by atoms with E-state index in [1.165, 1.54) is 13.8 Å². The smallest absolute Gasteiger partial charge is 0.155 e. The Morgan fingerprint density at radius 3 is 2.35 bits per heavy atom. The lowest BCUT2D eigenvalue weighted by molar-refractivity contribution is 0.132. The van der Waals surface area contributed by atoms with Gasteiger partial charge in [0.15, 0.2) is 9.84 Å². The molecule has 0 saturated carbocycles. The molecule has 6 heteroatoms. The van der Waals surface area contributed by atoms with Gasteiger partial charge in [-0.3, -0.25) is 0 Å². The van der Waals surface area contributed by atoms with Crippen LogP contribution in [-0.4, -0.2) is 34.3 Å². The summed E-state index contributed by atoms with van der Waals surface area (Å²) in [5.41, 5.74) is 1.22. The minimum Gasteiger partial charge on any atom is -0.385 e. The second-order valence-corrected chi connectivity index (χ2v) is 7.88. The van der Waals surface area contributed by atoms with Crippen molar-refractivity contribution in [3.8, 4) is 5.69 Å². The van der Waals surface area contributed by atoms with E-state index < -0.39 is 20.7 Å². The maximum absolute atomic E-state index is 11.8. The SMILES string of the molecule is CC(C)(C(O)c1ccnn1-c1ccccc1)S(C)(=O)=O. The van der Waals surface area contributed by atoms with E-state index in [-0.39, 0.29) is 0 Å². The van der Waals surface area contributed by atoms with Gasteiger partial charge in [-0.1, -0.05) is 18.2 Å². The Labute approximate surface area is 118 Å². The summed E-state index contributed by atoms with van der Waals surface area (Å²) in [5, 5.41) is 14.6. The van der Waals surface area contributed by atoms with Gasteiger partial charge < -0.3 is 5.11 Å². The Morgan fingerprint density at radius 1 is 1.20 bits per heavy atom. The predicted octanol–water partition coefficient (Wildman–Crippen LogP) is 1.73. The molecule has 0 spiro atoms. The molecule has 0 aliphatic rings. The Balaban J connectivity index is 2.49. The van der Waals surface area contributed by atoms with E-state index >= 15 is 0 Å². The summed E-state index contributed by atoms with van der Waals surface area (Å²) in [7, 11) is -3.42. The number of aliphatic hydroxyl groups excluding tert-OH is 1. The minimum absolute atomic E-state index is 0.451. The first-order valence-corrected chi connectivity index (χ1v) is 8.11. The molecule has 0 radical (unpaired) electrons. The lowest BCUT2D eigenvalue weighted by Gasteiger charge is -2.28. The molecule has 2 rings (SSSR count). The molecule has 1 unspecified atom stereocenters. The van der Waals surface area contributed by atoms with E-state index in [4.69, 9.17) is 0 Å². The van der Waals surface area contributed by atoms with Gasteiger partial charge in [0.25, 0.3) is 0 Å². The van der Waals surface area contributed by atoms with Crippen LogP contribution in [0.5, 0.6) is 0 Å². The molecule has 0 amide bonds. The van der Waals surface area contributed by atoms with Crippen LogP contribution >= 0.6 is 0 Å². The molecule has 1 aromatic carbocycles. The van der Waals surface area contributed by atoms with E-state index in [0.717, 1.165) is 11.9 Å². The first-order valence-electron chi connectivity index (χ1n) is 6.22. The van der Waals surface area contributed by atoms with Crippen LogP contribution in [0.1, 0.15) is 25.6 Å². The number of para-hydroxylation sites is 1. The molecule has 0 bridgehead atoms. The molecule has 108 valence electrons. The van der Waals surface area contributed by atoms with Crippen molar-refractivity contribution in [2.24, 2.45) is 0 Å².